The SMILES string of the molecule is Cn1ccc(NC(=O)NCC[C@@H]2C[C@H]2C2CC2)cc1=O. The third kappa shape index (κ3) is 3.21. The fourth-order valence-corrected chi connectivity index (χ4v) is 2.88. The molecule has 0 unspecified atom stereocenters. The lowest BCUT2D eigenvalue weighted by Gasteiger charge is -2.07. The monoisotopic (exact) mass is 275 g/mol. The maximum Gasteiger partial charge on any atom is 0.319 e. The maximum atomic E-state index is 11.7. The standard InChI is InChI=1S/C15H21N3O2/c1-18-7-5-12(9-14(18)19)17-15(20)16-6-4-11-8-13(11)10-2-3-10/h5,7,9-11,13H,2-4,6,8H2,1H3,(H2,16,17,20)/t11-,13+/m1/s1. The van der Waals surface area contributed by atoms with E-state index in [0.717, 1.165) is 24.2 Å². The molecule has 2 aliphatic carbocycles. The van der Waals surface area contributed by atoms with E-state index in [1.54, 1.807) is 19.3 Å². The van der Waals surface area contributed by atoms with Crippen molar-refractivity contribution >= 4 is 11.7 Å². The first-order valence-corrected chi connectivity index (χ1v) is 7.35. The molecule has 5 heteroatoms. The van der Waals surface area contributed by atoms with Gasteiger partial charge in [0.2, 0.25) is 0 Å². The molecule has 3 rings (SSSR count). The van der Waals surface area contributed by atoms with Crippen LogP contribution in [0, 0.1) is 17.8 Å². The molecule has 2 atom stereocenters. The highest BCUT2D eigenvalue weighted by Crippen LogP contribution is 2.55. The summed E-state index contributed by atoms with van der Waals surface area (Å²) in [6, 6.07) is 2.90. The predicted octanol–water partition coefficient (Wildman–Crippen LogP) is 1.94. The molecule has 2 amide bonds. The molecule has 0 bridgehead atoms. The van der Waals surface area contributed by atoms with Gasteiger partial charge in [0.25, 0.3) is 5.56 Å². The van der Waals surface area contributed by atoms with E-state index in [-0.39, 0.29) is 11.6 Å². The number of anilines is 1. The molecule has 108 valence electrons. The van der Waals surface area contributed by atoms with Gasteiger partial charge in [-0.15, -0.1) is 0 Å². The van der Waals surface area contributed by atoms with Gasteiger partial charge in [-0.3, -0.25) is 4.79 Å². The average Bonchev–Trinajstić information content (AvgIpc) is 3.24. The second kappa shape index (κ2) is 5.31. The molecule has 2 aliphatic rings. The van der Waals surface area contributed by atoms with Gasteiger partial charge in [0, 0.05) is 31.5 Å². The fourth-order valence-electron chi connectivity index (χ4n) is 2.88. The third-order valence-corrected chi connectivity index (χ3v) is 4.37. The highest BCUT2D eigenvalue weighted by molar-refractivity contribution is 5.89. The van der Waals surface area contributed by atoms with Gasteiger partial charge in [-0.05, 0) is 49.5 Å². The molecule has 1 heterocycles. The Balaban J connectivity index is 1.38. The van der Waals surface area contributed by atoms with Crippen molar-refractivity contribution in [2.45, 2.75) is 25.7 Å². The van der Waals surface area contributed by atoms with Gasteiger partial charge in [-0.1, -0.05) is 0 Å². The Labute approximate surface area is 118 Å². The highest BCUT2D eigenvalue weighted by Gasteiger charge is 2.46. The largest absolute Gasteiger partial charge is 0.338 e. The Morgan fingerprint density at radius 1 is 1.45 bits per heavy atom. The lowest BCUT2D eigenvalue weighted by atomic mass is 10.2. The lowest BCUT2D eigenvalue weighted by Crippen LogP contribution is -2.30. The van der Waals surface area contributed by atoms with Crippen molar-refractivity contribution in [2.75, 3.05) is 11.9 Å². The van der Waals surface area contributed by atoms with Crippen LogP contribution in [0.5, 0.6) is 0 Å². The number of pyridine rings is 1. The minimum absolute atomic E-state index is 0.131. The number of hydrogen-bond donors (Lipinski definition) is 2. The summed E-state index contributed by atoms with van der Waals surface area (Å²) in [6.45, 7) is 0.713. The number of carbonyl (C=O) groups is 1. The van der Waals surface area contributed by atoms with E-state index in [9.17, 15) is 9.59 Å². The zero-order valence-electron chi connectivity index (χ0n) is 11.8. The van der Waals surface area contributed by atoms with E-state index in [1.165, 1.54) is 29.9 Å². The number of rotatable bonds is 5. The second-order valence-electron chi connectivity index (χ2n) is 6.03. The van der Waals surface area contributed by atoms with Gasteiger partial charge in [0.05, 0.1) is 0 Å². The highest BCUT2D eigenvalue weighted by atomic mass is 16.2. The predicted molar refractivity (Wildman–Crippen MR) is 77.6 cm³/mol. The zero-order chi connectivity index (χ0) is 14.1. The molecular formula is C15H21N3O2. The van der Waals surface area contributed by atoms with Crippen LogP contribution < -0.4 is 16.2 Å². The molecule has 0 aliphatic heterocycles. The summed E-state index contributed by atoms with van der Waals surface area (Å²) in [7, 11) is 1.68. The molecule has 2 fully saturated rings. The molecule has 2 N–H and O–H groups in total. The van der Waals surface area contributed by atoms with Crippen LogP contribution in [0.4, 0.5) is 10.5 Å². The van der Waals surface area contributed by atoms with Gasteiger partial charge < -0.3 is 15.2 Å². The summed E-state index contributed by atoms with van der Waals surface area (Å²) < 4.78 is 1.47. The van der Waals surface area contributed by atoms with Crippen LogP contribution in [0.2, 0.25) is 0 Å². The van der Waals surface area contributed by atoms with Crippen LogP contribution in [-0.4, -0.2) is 17.1 Å². The van der Waals surface area contributed by atoms with Crippen LogP contribution in [0.3, 0.4) is 0 Å². The van der Waals surface area contributed by atoms with Crippen LogP contribution >= 0.6 is 0 Å². The van der Waals surface area contributed by atoms with Gasteiger partial charge in [-0.2, -0.15) is 0 Å². The number of amides is 2. The van der Waals surface area contributed by atoms with Crippen molar-refractivity contribution in [3.8, 4) is 0 Å². The molecule has 1 aromatic rings. The first-order chi connectivity index (χ1) is 9.63. The number of aryl methyl sites for hydroxylation is 1. The molecular weight excluding hydrogens is 254 g/mol. The molecule has 0 saturated heterocycles. The normalized spacial score (nSPS) is 24.2. The Morgan fingerprint density at radius 2 is 2.25 bits per heavy atom. The first-order valence-electron chi connectivity index (χ1n) is 7.35. The van der Waals surface area contributed by atoms with Gasteiger partial charge >= 0.3 is 6.03 Å². The van der Waals surface area contributed by atoms with Gasteiger partial charge in [0.15, 0.2) is 0 Å². The Kier molecular flexibility index (Phi) is 3.51. The number of urea groups is 1. The molecule has 0 aromatic carbocycles. The molecule has 1 aromatic heterocycles. The zero-order valence-corrected chi connectivity index (χ0v) is 11.8. The summed E-state index contributed by atoms with van der Waals surface area (Å²) in [5.74, 6) is 2.76. The Hall–Kier alpha value is -1.78. The summed E-state index contributed by atoms with van der Waals surface area (Å²) in [5.41, 5.74) is 0.404. The summed E-state index contributed by atoms with van der Waals surface area (Å²) in [5, 5.41) is 5.54. The first kappa shape index (κ1) is 13.2. The molecule has 0 radical (unpaired) electrons. The molecule has 0 spiro atoms. The number of hydrogen-bond acceptors (Lipinski definition) is 2. The Morgan fingerprint density at radius 3 is 2.95 bits per heavy atom. The van der Waals surface area contributed by atoms with Crippen LogP contribution in [0.15, 0.2) is 23.1 Å². The van der Waals surface area contributed by atoms with Crippen LogP contribution in [0.1, 0.15) is 25.7 Å². The van der Waals surface area contributed by atoms with Crippen LogP contribution in [-0.2, 0) is 7.05 Å². The number of aromatic nitrogens is 1. The van der Waals surface area contributed by atoms with E-state index >= 15 is 0 Å². The molecule has 5 nitrogen and oxygen atoms in total. The van der Waals surface area contributed by atoms with Gasteiger partial charge in [0.1, 0.15) is 0 Å². The van der Waals surface area contributed by atoms with Crippen molar-refractivity contribution in [2.24, 2.45) is 24.8 Å². The van der Waals surface area contributed by atoms with Crippen molar-refractivity contribution < 1.29 is 4.79 Å². The van der Waals surface area contributed by atoms with E-state index < -0.39 is 0 Å². The van der Waals surface area contributed by atoms with Crippen molar-refractivity contribution in [3.05, 3.63) is 28.7 Å². The van der Waals surface area contributed by atoms with E-state index in [2.05, 4.69) is 10.6 Å². The maximum absolute atomic E-state index is 11.7. The molecule has 20 heavy (non-hydrogen) atoms. The topological polar surface area (TPSA) is 63.1 Å². The Bertz CT molecular complexity index is 562. The summed E-state index contributed by atoms with van der Waals surface area (Å²) >= 11 is 0. The van der Waals surface area contributed by atoms with Crippen LogP contribution in [0.25, 0.3) is 0 Å². The molecule has 2 saturated carbocycles. The second-order valence-corrected chi connectivity index (χ2v) is 6.03. The van der Waals surface area contributed by atoms with E-state index in [0.29, 0.717) is 12.2 Å². The number of carbonyl (C=O) groups excluding carboxylic acids is 1. The number of nitrogens with one attached hydrogen (secondary N) is 2. The van der Waals surface area contributed by atoms with Crippen molar-refractivity contribution in [3.63, 3.8) is 0 Å². The quantitative estimate of drug-likeness (QED) is 0.862. The average molecular weight is 275 g/mol. The van der Waals surface area contributed by atoms with E-state index in [4.69, 9.17) is 0 Å². The summed E-state index contributed by atoms with van der Waals surface area (Å²) in [4.78, 5) is 23.1. The smallest absolute Gasteiger partial charge is 0.319 e. The lowest BCUT2D eigenvalue weighted by molar-refractivity contribution is 0.251. The third-order valence-electron chi connectivity index (χ3n) is 4.37. The van der Waals surface area contributed by atoms with Gasteiger partial charge in [-0.25, -0.2) is 4.79 Å². The minimum atomic E-state index is -0.234. The number of nitrogens with zero attached hydrogens (tertiary/aromatic N) is 1. The minimum Gasteiger partial charge on any atom is -0.338 e. The fraction of sp³-hybridized carbons (Fsp3) is 0.600. The summed E-state index contributed by atoms with van der Waals surface area (Å²) in [6.07, 6.45) is 6.90. The van der Waals surface area contributed by atoms with Crippen molar-refractivity contribution in [1.82, 2.24) is 9.88 Å². The van der Waals surface area contributed by atoms with Crippen molar-refractivity contribution in [1.29, 1.82) is 0 Å². The van der Waals surface area contributed by atoms with E-state index in [1.807, 2.05) is 0 Å².